The van der Waals surface area contributed by atoms with E-state index in [1.807, 2.05) is 26.8 Å². The Hall–Kier alpha value is -2.49. The summed E-state index contributed by atoms with van der Waals surface area (Å²) in [5.41, 5.74) is 8.06. The van der Waals surface area contributed by atoms with Crippen LogP contribution in [0.25, 0.3) is 0 Å². The Kier molecular flexibility index (Phi) is 7.52. The van der Waals surface area contributed by atoms with E-state index in [4.69, 9.17) is 15.7 Å². The van der Waals surface area contributed by atoms with Gasteiger partial charge in [0.05, 0.1) is 0 Å². The van der Waals surface area contributed by atoms with Gasteiger partial charge in [0.15, 0.2) is 5.84 Å². The Morgan fingerprint density at radius 2 is 1.92 bits per heavy atom. The zero-order valence-corrected chi connectivity index (χ0v) is 15.7. The van der Waals surface area contributed by atoms with Crippen molar-refractivity contribution in [1.29, 1.82) is 5.26 Å². The highest BCUT2D eigenvalue weighted by molar-refractivity contribution is 5.99. The van der Waals surface area contributed by atoms with Gasteiger partial charge in [-0.15, -0.1) is 0 Å². The maximum absolute atomic E-state index is 12.2. The number of hydrazine groups is 1. The first-order valence-electron chi connectivity index (χ1n) is 7.63. The number of nitrogens with one attached hydrogen (secondary N) is 1. The average Bonchev–Trinajstić information content (AvgIpc) is 2.39. The predicted octanol–water partition coefficient (Wildman–Crippen LogP) is 3.07. The highest BCUT2D eigenvalue weighted by Crippen LogP contribution is 2.17. The lowest BCUT2D eigenvalue weighted by Crippen LogP contribution is -2.51. The molecule has 7 heteroatoms. The third kappa shape index (κ3) is 8.83. The Labute approximate surface area is 144 Å². The Morgan fingerprint density at radius 3 is 2.29 bits per heavy atom. The molecule has 0 fully saturated rings. The van der Waals surface area contributed by atoms with Crippen molar-refractivity contribution < 1.29 is 9.53 Å². The zero-order valence-electron chi connectivity index (χ0n) is 15.7. The van der Waals surface area contributed by atoms with Gasteiger partial charge in [0.2, 0.25) is 0 Å². The second-order valence-corrected chi connectivity index (χ2v) is 7.60. The van der Waals surface area contributed by atoms with Crippen LogP contribution in [0.4, 0.5) is 4.79 Å². The number of nitriles is 1. The van der Waals surface area contributed by atoms with E-state index in [1.54, 1.807) is 27.7 Å². The van der Waals surface area contributed by atoms with E-state index in [-0.39, 0.29) is 11.1 Å². The summed E-state index contributed by atoms with van der Waals surface area (Å²) >= 11 is 0. The van der Waals surface area contributed by atoms with Crippen molar-refractivity contribution in [2.45, 2.75) is 54.1 Å². The fourth-order valence-corrected chi connectivity index (χ4v) is 1.64. The van der Waals surface area contributed by atoms with E-state index in [1.165, 1.54) is 11.2 Å². The van der Waals surface area contributed by atoms with Crippen LogP contribution in [0.5, 0.6) is 0 Å². The normalized spacial score (nSPS) is 13.1. The Bertz CT molecular complexity index is 571. The fraction of sp³-hybridized carbons (Fsp3) is 0.588. The second-order valence-electron chi connectivity index (χ2n) is 7.60. The van der Waals surface area contributed by atoms with Gasteiger partial charge in [-0.05, 0) is 33.1 Å². The van der Waals surface area contributed by atoms with Crippen molar-refractivity contribution in [3.05, 3.63) is 24.0 Å². The number of ether oxygens (including phenoxy) is 1. The Balaban J connectivity index is 5.72. The van der Waals surface area contributed by atoms with Crippen molar-refractivity contribution in [3.63, 3.8) is 0 Å². The van der Waals surface area contributed by atoms with Crippen LogP contribution >= 0.6 is 0 Å². The summed E-state index contributed by atoms with van der Waals surface area (Å²) in [6, 6.07) is 1.86. The second kappa shape index (κ2) is 8.39. The van der Waals surface area contributed by atoms with Gasteiger partial charge in [0, 0.05) is 18.3 Å². The van der Waals surface area contributed by atoms with Crippen LogP contribution < -0.4 is 11.2 Å². The van der Waals surface area contributed by atoms with Crippen LogP contribution in [0.3, 0.4) is 0 Å². The van der Waals surface area contributed by atoms with Crippen LogP contribution in [0.2, 0.25) is 0 Å². The van der Waals surface area contributed by atoms with Gasteiger partial charge < -0.3 is 10.5 Å². The van der Waals surface area contributed by atoms with Crippen molar-refractivity contribution in [1.82, 2.24) is 10.4 Å². The lowest BCUT2D eigenvalue weighted by atomic mass is 9.96. The minimum Gasteiger partial charge on any atom is -0.443 e. The summed E-state index contributed by atoms with van der Waals surface area (Å²) in [5, 5.41) is 10.5. The van der Waals surface area contributed by atoms with Crippen molar-refractivity contribution in [2.75, 3.05) is 6.54 Å². The molecule has 0 bridgehead atoms. The SMILES string of the molecule is C=C(C#N)/N=C(\C(C)=C/N)N(CC(C)(C)C)NC(=O)OC(C)(C)C. The van der Waals surface area contributed by atoms with E-state index in [0.29, 0.717) is 18.0 Å². The molecule has 0 aliphatic carbocycles. The molecule has 0 aromatic rings. The van der Waals surface area contributed by atoms with Crippen molar-refractivity contribution >= 4 is 11.9 Å². The number of rotatable bonds is 3. The standard InChI is InChI=1S/C17H29N5O2/c1-12(9-18)14(20-13(2)10-19)22(11-16(3,4)5)21-15(23)24-17(6,7)8/h9H,2,11,18H2,1,3-8H3,(H,21,23)/b12-9-,20-14+. The monoisotopic (exact) mass is 335 g/mol. The molecule has 0 aromatic carbocycles. The van der Waals surface area contributed by atoms with Crippen LogP contribution in [0.15, 0.2) is 29.0 Å². The first-order chi connectivity index (χ1) is 10.8. The molecule has 0 rings (SSSR count). The van der Waals surface area contributed by atoms with Gasteiger partial charge in [-0.2, -0.15) is 5.26 Å². The number of amides is 1. The van der Waals surface area contributed by atoms with E-state index in [9.17, 15) is 4.79 Å². The minimum absolute atomic E-state index is 0.0103. The van der Waals surface area contributed by atoms with Gasteiger partial charge in [0.25, 0.3) is 0 Å². The Morgan fingerprint density at radius 1 is 1.38 bits per heavy atom. The average molecular weight is 335 g/mol. The molecule has 0 saturated heterocycles. The topological polar surface area (TPSA) is 104 Å². The quantitative estimate of drug-likeness (QED) is 0.357. The molecule has 24 heavy (non-hydrogen) atoms. The molecular weight excluding hydrogens is 306 g/mol. The highest BCUT2D eigenvalue weighted by atomic mass is 16.6. The molecule has 0 atom stereocenters. The van der Waals surface area contributed by atoms with Gasteiger partial charge >= 0.3 is 6.09 Å². The first kappa shape index (κ1) is 21.5. The highest BCUT2D eigenvalue weighted by Gasteiger charge is 2.25. The molecular formula is C17H29N5O2. The molecule has 3 N–H and O–H groups in total. The van der Waals surface area contributed by atoms with E-state index >= 15 is 0 Å². The number of allylic oxidation sites excluding steroid dienone is 1. The zero-order chi connectivity index (χ0) is 19.1. The van der Waals surface area contributed by atoms with Gasteiger partial charge in [-0.25, -0.2) is 15.2 Å². The molecule has 0 unspecified atom stereocenters. The summed E-state index contributed by atoms with van der Waals surface area (Å²) in [7, 11) is 0. The number of nitrogens with two attached hydrogens (primary N) is 1. The molecule has 0 heterocycles. The largest absolute Gasteiger partial charge is 0.443 e. The third-order valence-electron chi connectivity index (χ3n) is 2.49. The summed E-state index contributed by atoms with van der Waals surface area (Å²) in [6.45, 7) is 17.1. The van der Waals surface area contributed by atoms with Crippen LogP contribution in [0, 0.1) is 16.7 Å². The maximum Gasteiger partial charge on any atom is 0.426 e. The number of amidine groups is 1. The summed E-state index contributed by atoms with van der Waals surface area (Å²) in [4.78, 5) is 16.3. The third-order valence-corrected chi connectivity index (χ3v) is 2.49. The lowest BCUT2D eigenvalue weighted by molar-refractivity contribution is 0.0390. The molecule has 0 aliphatic rings. The van der Waals surface area contributed by atoms with Crippen molar-refractivity contribution in [2.24, 2.45) is 16.1 Å². The minimum atomic E-state index is -0.635. The number of nitrogens with zero attached hydrogens (tertiary/aromatic N) is 3. The fourth-order valence-electron chi connectivity index (χ4n) is 1.64. The predicted molar refractivity (Wildman–Crippen MR) is 95.7 cm³/mol. The number of carbonyl (C=O) groups is 1. The summed E-state index contributed by atoms with van der Waals surface area (Å²) < 4.78 is 5.29. The molecule has 0 radical (unpaired) electrons. The molecule has 7 nitrogen and oxygen atoms in total. The molecule has 134 valence electrons. The van der Waals surface area contributed by atoms with Gasteiger partial charge in [-0.1, -0.05) is 27.4 Å². The smallest absolute Gasteiger partial charge is 0.426 e. The molecule has 1 amide bonds. The number of aliphatic imine (C=N–C) groups is 1. The number of hydrogen-bond donors (Lipinski definition) is 2. The van der Waals surface area contributed by atoms with E-state index in [0.717, 1.165) is 0 Å². The van der Waals surface area contributed by atoms with Crippen molar-refractivity contribution in [3.8, 4) is 6.07 Å². The van der Waals surface area contributed by atoms with E-state index < -0.39 is 11.7 Å². The summed E-state index contributed by atoms with van der Waals surface area (Å²) in [6.07, 6.45) is 0.738. The number of carbonyl (C=O) groups excluding carboxylic acids is 1. The molecule has 0 saturated carbocycles. The first-order valence-corrected chi connectivity index (χ1v) is 7.63. The van der Waals surface area contributed by atoms with E-state index in [2.05, 4.69) is 17.0 Å². The van der Waals surface area contributed by atoms with Crippen LogP contribution in [-0.4, -0.2) is 29.1 Å². The molecule has 0 aliphatic heterocycles. The molecule has 0 aromatic heterocycles. The van der Waals surface area contributed by atoms with Crippen LogP contribution in [-0.2, 0) is 4.74 Å². The van der Waals surface area contributed by atoms with Gasteiger partial charge in [-0.3, -0.25) is 5.01 Å². The van der Waals surface area contributed by atoms with Gasteiger partial charge in [0.1, 0.15) is 17.4 Å². The van der Waals surface area contributed by atoms with Crippen LogP contribution in [0.1, 0.15) is 48.5 Å². The maximum atomic E-state index is 12.2. The lowest BCUT2D eigenvalue weighted by Gasteiger charge is -2.33. The summed E-state index contributed by atoms with van der Waals surface area (Å²) in [5.74, 6) is 0.338. The molecule has 0 spiro atoms. The number of hydrogen-bond acceptors (Lipinski definition) is 5.